The molecule has 2 aromatic rings. The Morgan fingerprint density at radius 2 is 1.95 bits per heavy atom. The molecule has 0 unspecified atom stereocenters. The van der Waals surface area contributed by atoms with Gasteiger partial charge < -0.3 is 10.3 Å². The summed E-state index contributed by atoms with van der Waals surface area (Å²) < 4.78 is 27.7. The number of rotatable bonds is 2. The van der Waals surface area contributed by atoms with Crippen LogP contribution in [0.2, 0.25) is 0 Å². The number of nitrogens with two attached hydrogens (primary N) is 1. The molecule has 0 fully saturated rings. The number of aryl methyl sites for hydroxylation is 1. The summed E-state index contributed by atoms with van der Waals surface area (Å²) in [5.41, 5.74) is 6.25. The zero-order valence-corrected chi connectivity index (χ0v) is 10.8. The van der Waals surface area contributed by atoms with Gasteiger partial charge in [0.05, 0.1) is 5.56 Å². The van der Waals surface area contributed by atoms with Crippen LogP contribution in [0.4, 0.5) is 8.78 Å². The van der Waals surface area contributed by atoms with E-state index in [9.17, 15) is 13.6 Å². The van der Waals surface area contributed by atoms with Crippen molar-refractivity contribution in [3.8, 4) is 5.69 Å². The van der Waals surface area contributed by atoms with E-state index >= 15 is 0 Å². The molecule has 0 radical (unpaired) electrons. The fourth-order valence-corrected chi connectivity index (χ4v) is 1.88. The molecule has 0 saturated carbocycles. The highest BCUT2D eigenvalue weighted by Gasteiger charge is 2.09. The molecule has 2 N–H and O–H groups in total. The predicted molar refractivity (Wildman–Crippen MR) is 72.6 cm³/mol. The lowest BCUT2D eigenvalue weighted by Crippen LogP contribution is -2.23. The van der Waals surface area contributed by atoms with Gasteiger partial charge in [0.1, 0.15) is 4.99 Å². The second-order valence-corrected chi connectivity index (χ2v) is 4.47. The summed E-state index contributed by atoms with van der Waals surface area (Å²) in [7, 11) is 0. The first-order chi connectivity index (χ1) is 8.90. The number of hydrogen-bond donors (Lipinski definition) is 1. The van der Waals surface area contributed by atoms with Crippen LogP contribution in [-0.2, 0) is 0 Å². The van der Waals surface area contributed by atoms with E-state index in [1.54, 1.807) is 6.92 Å². The van der Waals surface area contributed by atoms with E-state index in [0.29, 0.717) is 11.4 Å². The number of nitrogens with zero attached hydrogens (tertiary/aromatic N) is 1. The third kappa shape index (κ3) is 2.53. The predicted octanol–water partition coefficient (Wildman–Crippen LogP) is 2.06. The molecule has 0 aliphatic heterocycles. The van der Waals surface area contributed by atoms with Gasteiger partial charge in [-0.3, -0.25) is 4.79 Å². The summed E-state index contributed by atoms with van der Waals surface area (Å²) in [6.07, 6.45) is 1.42. The average Bonchev–Trinajstić information content (AvgIpc) is 2.32. The van der Waals surface area contributed by atoms with Crippen LogP contribution < -0.4 is 11.2 Å². The van der Waals surface area contributed by atoms with Crippen molar-refractivity contribution in [3.63, 3.8) is 0 Å². The van der Waals surface area contributed by atoms with Crippen LogP contribution in [0.5, 0.6) is 0 Å². The fraction of sp³-hybridized carbons (Fsp3) is 0.0769. The smallest absolute Gasteiger partial charge is 0.192 e. The molecule has 1 aromatic carbocycles. The lowest BCUT2D eigenvalue weighted by atomic mass is 10.2. The molecule has 0 aliphatic rings. The third-order valence-corrected chi connectivity index (χ3v) is 2.91. The number of halogens is 2. The van der Waals surface area contributed by atoms with E-state index in [2.05, 4.69) is 0 Å². The minimum Gasteiger partial charge on any atom is -0.389 e. The normalized spacial score (nSPS) is 10.5. The van der Waals surface area contributed by atoms with Crippen molar-refractivity contribution >= 4 is 17.2 Å². The number of aromatic nitrogens is 1. The van der Waals surface area contributed by atoms with Crippen molar-refractivity contribution in [2.24, 2.45) is 5.73 Å². The van der Waals surface area contributed by atoms with Crippen LogP contribution in [0, 0.1) is 18.6 Å². The second-order valence-electron chi connectivity index (χ2n) is 4.03. The van der Waals surface area contributed by atoms with E-state index < -0.39 is 11.6 Å². The van der Waals surface area contributed by atoms with Gasteiger partial charge in [0.25, 0.3) is 0 Å². The zero-order chi connectivity index (χ0) is 14.2. The minimum atomic E-state index is -0.965. The maximum atomic E-state index is 13.2. The number of thiocarbonyl (C=S) groups is 1. The molecule has 6 heteroatoms. The number of pyridine rings is 1. The van der Waals surface area contributed by atoms with Crippen molar-refractivity contribution in [2.45, 2.75) is 6.92 Å². The van der Waals surface area contributed by atoms with E-state index in [1.807, 2.05) is 0 Å². The van der Waals surface area contributed by atoms with Crippen molar-refractivity contribution in [1.82, 2.24) is 4.57 Å². The summed E-state index contributed by atoms with van der Waals surface area (Å²) in [4.78, 5) is 11.6. The topological polar surface area (TPSA) is 48.0 Å². The molecule has 98 valence electrons. The minimum absolute atomic E-state index is 0.0404. The first kappa shape index (κ1) is 13.4. The molecule has 0 atom stereocenters. The Kier molecular flexibility index (Phi) is 3.44. The highest BCUT2D eigenvalue weighted by Crippen LogP contribution is 2.15. The Bertz CT molecular complexity index is 725. The van der Waals surface area contributed by atoms with Crippen LogP contribution in [0.25, 0.3) is 5.69 Å². The molecule has 0 bridgehead atoms. The van der Waals surface area contributed by atoms with Gasteiger partial charge in [-0.25, -0.2) is 8.78 Å². The van der Waals surface area contributed by atoms with Crippen molar-refractivity contribution in [3.05, 3.63) is 63.6 Å². The molecule has 0 spiro atoms. The van der Waals surface area contributed by atoms with Gasteiger partial charge >= 0.3 is 0 Å². The van der Waals surface area contributed by atoms with E-state index in [-0.39, 0.29) is 16.0 Å². The summed E-state index contributed by atoms with van der Waals surface area (Å²) in [5, 5.41) is 0. The molecule has 1 heterocycles. The lowest BCUT2D eigenvalue weighted by Gasteiger charge is -2.12. The van der Waals surface area contributed by atoms with Gasteiger partial charge in [-0.15, -0.1) is 0 Å². The first-order valence-corrected chi connectivity index (χ1v) is 5.79. The quantitative estimate of drug-likeness (QED) is 0.857. The van der Waals surface area contributed by atoms with Gasteiger partial charge in [0.15, 0.2) is 17.1 Å². The Balaban J connectivity index is 2.68. The molecular formula is C13H10F2N2OS. The summed E-state index contributed by atoms with van der Waals surface area (Å²) in [6, 6.07) is 4.80. The molecule has 0 aliphatic carbocycles. The van der Waals surface area contributed by atoms with E-state index in [1.165, 1.54) is 22.9 Å². The zero-order valence-electron chi connectivity index (χ0n) is 9.98. The van der Waals surface area contributed by atoms with E-state index in [4.69, 9.17) is 18.0 Å². The van der Waals surface area contributed by atoms with E-state index in [0.717, 1.165) is 12.1 Å². The maximum absolute atomic E-state index is 13.2. The Morgan fingerprint density at radius 3 is 2.53 bits per heavy atom. The third-order valence-electron chi connectivity index (χ3n) is 2.69. The lowest BCUT2D eigenvalue weighted by molar-refractivity contribution is 0.508. The van der Waals surface area contributed by atoms with Crippen LogP contribution in [0.15, 0.2) is 35.3 Å². The highest BCUT2D eigenvalue weighted by atomic mass is 32.1. The fourth-order valence-electron chi connectivity index (χ4n) is 1.73. The standard InChI is InChI=1S/C13H10F2N2OS/c1-7-4-12(18)9(13(16)19)6-17(7)8-2-3-10(14)11(15)5-8/h2-6H,1H3,(H2,16,19). The average molecular weight is 280 g/mol. The Labute approximate surface area is 113 Å². The number of benzene rings is 1. The van der Waals surface area contributed by atoms with Crippen molar-refractivity contribution in [2.75, 3.05) is 0 Å². The molecule has 19 heavy (non-hydrogen) atoms. The van der Waals surface area contributed by atoms with Crippen LogP contribution in [0.1, 0.15) is 11.3 Å². The van der Waals surface area contributed by atoms with Gasteiger partial charge in [-0.1, -0.05) is 12.2 Å². The number of hydrogen-bond acceptors (Lipinski definition) is 2. The molecule has 2 rings (SSSR count). The molecular weight excluding hydrogens is 270 g/mol. The second kappa shape index (κ2) is 4.89. The molecule has 1 aromatic heterocycles. The van der Waals surface area contributed by atoms with Gasteiger partial charge in [-0.2, -0.15) is 0 Å². The largest absolute Gasteiger partial charge is 0.389 e. The maximum Gasteiger partial charge on any atom is 0.192 e. The highest BCUT2D eigenvalue weighted by molar-refractivity contribution is 7.80. The van der Waals surface area contributed by atoms with Crippen molar-refractivity contribution < 1.29 is 8.78 Å². The molecule has 0 amide bonds. The van der Waals surface area contributed by atoms with Gasteiger partial charge in [0.2, 0.25) is 0 Å². The molecule has 0 saturated heterocycles. The van der Waals surface area contributed by atoms with Crippen LogP contribution in [-0.4, -0.2) is 9.56 Å². The summed E-state index contributed by atoms with van der Waals surface area (Å²) in [5.74, 6) is -1.90. The summed E-state index contributed by atoms with van der Waals surface area (Å²) in [6.45, 7) is 1.67. The van der Waals surface area contributed by atoms with Gasteiger partial charge in [-0.05, 0) is 19.1 Å². The SMILES string of the molecule is Cc1cc(=O)c(C(N)=S)cn1-c1ccc(F)c(F)c1. The Morgan fingerprint density at radius 1 is 1.26 bits per heavy atom. The van der Waals surface area contributed by atoms with Gasteiger partial charge in [0, 0.05) is 29.7 Å². The van der Waals surface area contributed by atoms with Crippen LogP contribution in [0.3, 0.4) is 0 Å². The van der Waals surface area contributed by atoms with Crippen molar-refractivity contribution in [1.29, 1.82) is 0 Å². The Hall–Kier alpha value is -2.08. The van der Waals surface area contributed by atoms with Crippen LogP contribution >= 0.6 is 12.2 Å². The summed E-state index contributed by atoms with van der Waals surface area (Å²) >= 11 is 4.78. The first-order valence-electron chi connectivity index (χ1n) is 5.38. The molecule has 3 nitrogen and oxygen atoms in total. The monoisotopic (exact) mass is 280 g/mol.